The smallest absolute Gasteiger partial charge is 0.212 e. The number of nitrogens with zero attached hydrogens (tertiary/aromatic N) is 1. The molecule has 0 spiro atoms. The molecule has 1 rings (SSSR count). The zero-order chi connectivity index (χ0) is 11.3. The highest BCUT2D eigenvalue weighted by molar-refractivity contribution is 9.10. The highest BCUT2D eigenvalue weighted by Gasteiger charge is 2.06. The van der Waals surface area contributed by atoms with Crippen LogP contribution in [0.1, 0.15) is 11.1 Å². The molecule has 4 nitrogen and oxygen atoms in total. The number of nitrogens with one attached hydrogen (secondary N) is 1. The van der Waals surface area contributed by atoms with Crippen LogP contribution in [-0.2, 0) is 16.6 Å². The Bertz CT molecular complexity index is 479. The van der Waals surface area contributed by atoms with Crippen molar-refractivity contribution >= 4 is 26.0 Å². The van der Waals surface area contributed by atoms with E-state index >= 15 is 0 Å². The van der Waals surface area contributed by atoms with E-state index in [-0.39, 0.29) is 11.2 Å². The van der Waals surface area contributed by atoms with Gasteiger partial charge in [0.25, 0.3) is 0 Å². The fraction of sp³-hybridized carbons (Fsp3) is 0.222. The van der Waals surface area contributed by atoms with E-state index in [4.69, 9.17) is 5.26 Å². The van der Waals surface area contributed by atoms with E-state index in [1.54, 1.807) is 24.3 Å². The molecule has 80 valence electrons. The summed E-state index contributed by atoms with van der Waals surface area (Å²) >= 11 is 2.87. The minimum atomic E-state index is -3.25. The molecule has 1 N–H and O–H groups in total. The number of nitriles is 1. The molecule has 0 bridgehead atoms. The first-order chi connectivity index (χ1) is 7.07. The quantitative estimate of drug-likeness (QED) is 0.850. The van der Waals surface area contributed by atoms with Crippen LogP contribution in [0, 0.1) is 11.3 Å². The van der Waals surface area contributed by atoms with Crippen molar-refractivity contribution in [1.29, 1.82) is 5.26 Å². The first-order valence-corrected chi connectivity index (χ1v) is 6.87. The highest BCUT2D eigenvalue weighted by Crippen LogP contribution is 2.04. The van der Waals surface area contributed by atoms with E-state index in [0.717, 1.165) is 5.56 Å². The number of sulfonamides is 1. The van der Waals surface area contributed by atoms with E-state index < -0.39 is 10.0 Å². The van der Waals surface area contributed by atoms with Gasteiger partial charge in [-0.2, -0.15) is 5.26 Å². The van der Waals surface area contributed by atoms with E-state index in [1.165, 1.54) is 0 Å². The maximum Gasteiger partial charge on any atom is 0.221 e. The van der Waals surface area contributed by atoms with Crippen LogP contribution in [0.2, 0.25) is 0 Å². The van der Waals surface area contributed by atoms with E-state index in [1.807, 2.05) is 6.07 Å². The second-order valence-electron chi connectivity index (χ2n) is 2.86. The van der Waals surface area contributed by atoms with Crippen molar-refractivity contribution in [2.75, 3.05) is 4.66 Å². The fourth-order valence-electron chi connectivity index (χ4n) is 0.983. The van der Waals surface area contributed by atoms with Gasteiger partial charge in [-0.25, -0.2) is 13.1 Å². The van der Waals surface area contributed by atoms with Crippen molar-refractivity contribution in [3.05, 3.63) is 35.4 Å². The third-order valence-corrected chi connectivity index (χ3v) is 4.38. The zero-order valence-electron chi connectivity index (χ0n) is 7.77. The van der Waals surface area contributed by atoms with Gasteiger partial charge in [-0.05, 0) is 17.7 Å². The molecule has 0 amide bonds. The molecule has 0 atom stereocenters. The number of benzene rings is 1. The molecule has 0 unspecified atom stereocenters. The first-order valence-electron chi connectivity index (χ1n) is 4.10. The summed E-state index contributed by atoms with van der Waals surface area (Å²) in [5.41, 5.74) is 1.28. The minimum Gasteiger partial charge on any atom is -0.212 e. The van der Waals surface area contributed by atoms with Gasteiger partial charge in [-0.15, -0.1) is 0 Å². The molecule has 0 aliphatic heterocycles. The van der Waals surface area contributed by atoms with Crippen LogP contribution in [0.3, 0.4) is 0 Å². The molecule has 0 aromatic heterocycles. The lowest BCUT2D eigenvalue weighted by molar-refractivity contribution is 0.586. The number of halogens is 1. The molecular formula is C9H9BrN2O2S. The summed E-state index contributed by atoms with van der Waals surface area (Å²) in [5.74, 6) is 0. The third kappa shape index (κ3) is 4.00. The van der Waals surface area contributed by atoms with Crippen molar-refractivity contribution in [2.45, 2.75) is 6.54 Å². The number of rotatable bonds is 4. The van der Waals surface area contributed by atoms with E-state index in [2.05, 4.69) is 20.7 Å². The van der Waals surface area contributed by atoms with Crippen LogP contribution in [0.4, 0.5) is 0 Å². The molecule has 0 aliphatic carbocycles. The van der Waals surface area contributed by atoms with Gasteiger partial charge in [0.2, 0.25) is 10.0 Å². The predicted octanol–water partition coefficient (Wildman–Crippen LogP) is 1.33. The van der Waals surface area contributed by atoms with Crippen LogP contribution in [0.15, 0.2) is 24.3 Å². The van der Waals surface area contributed by atoms with Gasteiger partial charge in [-0.3, -0.25) is 0 Å². The minimum absolute atomic E-state index is 0.127. The van der Waals surface area contributed by atoms with Crippen LogP contribution in [-0.4, -0.2) is 13.1 Å². The SMILES string of the molecule is N#Cc1cccc(CNS(=O)(=O)CBr)c1. The van der Waals surface area contributed by atoms with Gasteiger partial charge >= 0.3 is 0 Å². The van der Waals surface area contributed by atoms with E-state index in [9.17, 15) is 8.42 Å². The second-order valence-corrected chi connectivity index (χ2v) is 5.97. The molecule has 1 aromatic rings. The lowest BCUT2D eigenvalue weighted by Crippen LogP contribution is -2.23. The molecule has 6 heteroatoms. The Hall–Kier alpha value is -0.900. The summed E-state index contributed by atoms with van der Waals surface area (Å²) in [7, 11) is -3.25. The molecule has 0 heterocycles. The molecular weight excluding hydrogens is 280 g/mol. The average molecular weight is 289 g/mol. The average Bonchev–Trinajstić information content (AvgIpc) is 2.27. The molecule has 0 radical (unpaired) electrons. The monoisotopic (exact) mass is 288 g/mol. The summed E-state index contributed by atoms with van der Waals surface area (Å²) in [6, 6.07) is 8.79. The third-order valence-electron chi connectivity index (χ3n) is 1.70. The van der Waals surface area contributed by atoms with Gasteiger partial charge in [0, 0.05) is 6.54 Å². The Morgan fingerprint density at radius 2 is 2.20 bits per heavy atom. The Kier molecular flexibility index (Phi) is 4.27. The first kappa shape index (κ1) is 12.2. The Morgan fingerprint density at radius 3 is 2.80 bits per heavy atom. The summed E-state index contributed by atoms with van der Waals surface area (Å²) in [5, 5.41) is 8.64. The molecule has 1 aromatic carbocycles. The van der Waals surface area contributed by atoms with E-state index in [0.29, 0.717) is 5.56 Å². The highest BCUT2D eigenvalue weighted by atomic mass is 79.9. The molecule has 15 heavy (non-hydrogen) atoms. The summed E-state index contributed by atoms with van der Waals surface area (Å²) in [4.78, 5) is 0. The largest absolute Gasteiger partial charge is 0.221 e. The Morgan fingerprint density at radius 1 is 1.47 bits per heavy atom. The molecule has 0 fully saturated rings. The fourth-order valence-corrected chi connectivity index (χ4v) is 1.93. The number of alkyl halides is 1. The molecule has 0 saturated heterocycles. The second kappa shape index (κ2) is 5.26. The van der Waals surface area contributed by atoms with Gasteiger partial charge < -0.3 is 0 Å². The Labute approximate surface area is 97.1 Å². The van der Waals surface area contributed by atoms with Crippen molar-refractivity contribution in [1.82, 2.24) is 4.72 Å². The van der Waals surface area contributed by atoms with Crippen LogP contribution >= 0.6 is 15.9 Å². The molecule has 0 saturated carbocycles. The zero-order valence-corrected chi connectivity index (χ0v) is 10.2. The van der Waals surface area contributed by atoms with Crippen LogP contribution < -0.4 is 4.72 Å². The standard InChI is InChI=1S/C9H9BrN2O2S/c10-7-15(13,14)12-6-9-3-1-2-8(4-9)5-11/h1-4,12H,6-7H2. The number of hydrogen-bond donors (Lipinski definition) is 1. The van der Waals surface area contributed by atoms with Crippen LogP contribution in [0.25, 0.3) is 0 Å². The number of hydrogen-bond acceptors (Lipinski definition) is 3. The lowest BCUT2D eigenvalue weighted by Gasteiger charge is -2.03. The normalized spacial score (nSPS) is 10.9. The summed E-state index contributed by atoms with van der Waals surface area (Å²) in [6.07, 6.45) is 0. The summed E-state index contributed by atoms with van der Waals surface area (Å²) in [6.45, 7) is 0.198. The van der Waals surface area contributed by atoms with Crippen molar-refractivity contribution in [3.8, 4) is 6.07 Å². The van der Waals surface area contributed by atoms with Gasteiger partial charge in [0.1, 0.15) is 4.66 Å². The van der Waals surface area contributed by atoms with Crippen molar-refractivity contribution < 1.29 is 8.42 Å². The predicted molar refractivity (Wildman–Crippen MR) is 60.7 cm³/mol. The maximum atomic E-state index is 11.1. The van der Waals surface area contributed by atoms with Crippen LogP contribution in [0.5, 0.6) is 0 Å². The maximum absolute atomic E-state index is 11.1. The van der Waals surface area contributed by atoms with Gasteiger partial charge in [0.15, 0.2) is 0 Å². The van der Waals surface area contributed by atoms with Gasteiger partial charge in [0.05, 0.1) is 11.6 Å². The van der Waals surface area contributed by atoms with Gasteiger partial charge in [-0.1, -0.05) is 28.1 Å². The topological polar surface area (TPSA) is 70.0 Å². The van der Waals surface area contributed by atoms with Crippen molar-refractivity contribution in [2.24, 2.45) is 0 Å². The van der Waals surface area contributed by atoms with Crippen molar-refractivity contribution in [3.63, 3.8) is 0 Å². The lowest BCUT2D eigenvalue weighted by atomic mass is 10.1. The Balaban J connectivity index is 2.71. The molecule has 0 aliphatic rings. The summed E-state index contributed by atoms with van der Waals surface area (Å²) < 4.78 is 24.5.